The van der Waals surface area contributed by atoms with Crippen LogP contribution >= 0.6 is 0 Å². The molecule has 1 saturated heterocycles. The third-order valence-electron chi connectivity index (χ3n) is 3.47. The Labute approximate surface area is 117 Å². The van der Waals surface area contributed by atoms with Gasteiger partial charge in [0.1, 0.15) is 0 Å². The lowest BCUT2D eigenvalue weighted by molar-refractivity contribution is 0.202. The predicted molar refractivity (Wildman–Crippen MR) is 78.4 cm³/mol. The van der Waals surface area contributed by atoms with Gasteiger partial charge in [-0.1, -0.05) is 19.9 Å². The number of hydrogen-bond donors (Lipinski definition) is 0. The molecule has 1 aliphatic rings. The first-order valence-electron chi connectivity index (χ1n) is 7.43. The quantitative estimate of drug-likeness (QED) is 0.809. The van der Waals surface area contributed by atoms with Crippen molar-refractivity contribution in [2.45, 2.75) is 52.7 Å². The molecule has 0 spiro atoms. The minimum atomic E-state index is 0.175. The van der Waals surface area contributed by atoms with Gasteiger partial charge in [0, 0.05) is 24.3 Å². The van der Waals surface area contributed by atoms with Crippen molar-refractivity contribution in [2.75, 3.05) is 13.1 Å². The highest BCUT2D eigenvalue weighted by atomic mass is 16.5. The largest absolute Gasteiger partial charge is 0.475 e. The highest BCUT2D eigenvalue weighted by Crippen LogP contribution is 2.36. The van der Waals surface area contributed by atoms with Gasteiger partial charge in [-0.15, -0.1) is 0 Å². The van der Waals surface area contributed by atoms with Crippen LogP contribution in [0.15, 0.2) is 18.3 Å². The van der Waals surface area contributed by atoms with Crippen molar-refractivity contribution in [3.05, 3.63) is 23.9 Å². The fourth-order valence-electron chi connectivity index (χ4n) is 2.84. The molecule has 1 atom stereocenters. The molecule has 2 rings (SSSR count). The van der Waals surface area contributed by atoms with Crippen LogP contribution in [0.5, 0.6) is 5.88 Å². The molecule has 1 aromatic heterocycles. The summed E-state index contributed by atoms with van der Waals surface area (Å²) >= 11 is 0. The van der Waals surface area contributed by atoms with E-state index in [1.165, 1.54) is 24.9 Å². The molecule has 0 bridgehead atoms. The van der Waals surface area contributed by atoms with E-state index >= 15 is 0 Å². The van der Waals surface area contributed by atoms with Crippen LogP contribution < -0.4 is 4.74 Å². The van der Waals surface area contributed by atoms with E-state index in [4.69, 9.17) is 4.74 Å². The first-order chi connectivity index (χ1) is 9.08. The van der Waals surface area contributed by atoms with Crippen LogP contribution in [-0.4, -0.2) is 29.1 Å². The van der Waals surface area contributed by atoms with Gasteiger partial charge >= 0.3 is 0 Å². The summed E-state index contributed by atoms with van der Waals surface area (Å²) in [5, 5.41) is 0. The van der Waals surface area contributed by atoms with E-state index in [9.17, 15) is 0 Å². The molecule has 0 aliphatic carbocycles. The molecular weight excluding hydrogens is 236 g/mol. The molecule has 106 valence electrons. The maximum atomic E-state index is 5.87. The minimum absolute atomic E-state index is 0.175. The highest BCUT2D eigenvalue weighted by Gasteiger charge is 2.29. The van der Waals surface area contributed by atoms with Crippen molar-refractivity contribution in [2.24, 2.45) is 5.92 Å². The lowest BCUT2D eigenvalue weighted by atomic mass is 10.0. The minimum Gasteiger partial charge on any atom is -0.475 e. The summed E-state index contributed by atoms with van der Waals surface area (Å²) in [6, 6.07) is 4.67. The van der Waals surface area contributed by atoms with E-state index in [1.807, 2.05) is 12.3 Å². The maximum absolute atomic E-state index is 5.87. The second-order valence-corrected chi connectivity index (χ2v) is 6.11. The molecule has 0 saturated carbocycles. The predicted octanol–water partition coefficient (Wildman–Crippen LogP) is 3.66. The summed E-state index contributed by atoms with van der Waals surface area (Å²) in [5.74, 6) is 1.52. The lowest BCUT2D eigenvalue weighted by Crippen LogP contribution is -2.28. The van der Waals surface area contributed by atoms with E-state index < -0.39 is 0 Å². The number of rotatable bonds is 5. The normalized spacial score (nSPS) is 20.4. The van der Waals surface area contributed by atoms with Crippen molar-refractivity contribution in [3.8, 4) is 5.88 Å². The van der Waals surface area contributed by atoms with Gasteiger partial charge in [0.05, 0.1) is 6.10 Å². The molecule has 3 heteroatoms. The summed E-state index contributed by atoms with van der Waals surface area (Å²) in [5.41, 5.74) is 1.26. The Hall–Kier alpha value is -1.09. The average molecular weight is 262 g/mol. The van der Waals surface area contributed by atoms with Gasteiger partial charge < -0.3 is 4.74 Å². The zero-order chi connectivity index (χ0) is 13.8. The molecule has 0 radical (unpaired) electrons. The number of nitrogens with zero attached hydrogens (tertiary/aromatic N) is 2. The van der Waals surface area contributed by atoms with Crippen molar-refractivity contribution in [1.82, 2.24) is 9.88 Å². The van der Waals surface area contributed by atoms with Crippen molar-refractivity contribution < 1.29 is 4.74 Å². The van der Waals surface area contributed by atoms with Crippen molar-refractivity contribution >= 4 is 0 Å². The van der Waals surface area contributed by atoms with Gasteiger partial charge in [0.2, 0.25) is 5.88 Å². The van der Waals surface area contributed by atoms with Gasteiger partial charge in [0.15, 0.2) is 0 Å². The highest BCUT2D eigenvalue weighted by molar-refractivity contribution is 5.30. The first-order valence-corrected chi connectivity index (χ1v) is 7.43. The molecule has 0 N–H and O–H groups in total. The maximum Gasteiger partial charge on any atom is 0.218 e. The Morgan fingerprint density at radius 1 is 1.37 bits per heavy atom. The Balaban J connectivity index is 2.20. The molecule has 1 aliphatic heterocycles. The van der Waals surface area contributed by atoms with Crippen LogP contribution in [0.3, 0.4) is 0 Å². The van der Waals surface area contributed by atoms with Gasteiger partial charge in [-0.25, -0.2) is 4.98 Å². The number of likely N-dealkylation sites (tertiary alicyclic amines) is 1. The number of pyridine rings is 1. The topological polar surface area (TPSA) is 25.4 Å². The van der Waals surface area contributed by atoms with E-state index in [2.05, 4.69) is 43.6 Å². The molecule has 19 heavy (non-hydrogen) atoms. The number of hydrogen-bond acceptors (Lipinski definition) is 3. The molecule has 1 fully saturated rings. The van der Waals surface area contributed by atoms with Gasteiger partial charge in [-0.3, -0.25) is 4.90 Å². The van der Waals surface area contributed by atoms with E-state index in [0.717, 1.165) is 12.4 Å². The third kappa shape index (κ3) is 3.69. The SMILES string of the molecule is CC(C)CN1CCC[C@H]1c1cccnc1OC(C)C. The summed E-state index contributed by atoms with van der Waals surface area (Å²) in [4.78, 5) is 7.01. The van der Waals surface area contributed by atoms with Gasteiger partial charge in [-0.2, -0.15) is 0 Å². The fourth-order valence-corrected chi connectivity index (χ4v) is 2.84. The van der Waals surface area contributed by atoms with E-state index in [0.29, 0.717) is 12.0 Å². The standard InChI is InChI=1S/C16H26N2O/c1-12(2)11-18-10-6-8-15(18)14-7-5-9-17-16(14)19-13(3)4/h5,7,9,12-13,15H,6,8,10-11H2,1-4H3/t15-/m0/s1. The zero-order valence-corrected chi connectivity index (χ0v) is 12.6. The molecule has 2 heterocycles. The second kappa shape index (κ2) is 6.38. The molecule has 3 nitrogen and oxygen atoms in total. The third-order valence-corrected chi connectivity index (χ3v) is 3.47. The van der Waals surface area contributed by atoms with Crippen LogP contribution in [0.25, 0.3) is 0 Å². The summed E-state index contributed by atoms with van der Waals surface area (Å²) in [7, 11) is 0. The van der Waals surface area contributed by atoms with Crippen molar-refractivity contribution in [3.63, 3.8) is 0 Å². The van der Waals surface area contributed by atoms with Crippen LogP contribution in [-0.2, 0) is 0 Å². The Morgan fingerprint density at radius 3 is 2.84 bits per heavy atom. The Bertz CT molecular complexity index is 403. The second-order valence-electron chi connectivity index (χ2n) is 6.11. The molecular formula is C16H26N2O. The summed E-state index contributed by atoms with van der Waals surface area (Å²) in [6.45, 7) is 11.0. The van der Waals surface area contributed by atoms with Crippen LogP contribution in [0.4, 0.5) is 0 Å². The molecule has 0 aromatic carbocycles. The number of ether oxygens (including phenoxy) is 1. The number of aromatic nitrogens is 1. The fraction of sp³-hybridized carbons (Fsp3) is 0.688. The Morgan fingerprint density at radius 2 is 2.16 bits per heavy atom. The lowest BCUT2D eigenvalue weighted by Gasteiger charge is -2.27. The first kappa shape index (κ1) is 14.3. The smallest absolute Gasteiger partial charge is 0.218 e. The summed E-state index contributed by atoms with van der Waals surface area (Å²) < 4.78 is 5.87. The van der Waals surface area contributed by atoms with Gasteiger partial charge in [-0.05, 0) is 45.2 Å². The average Bonchev–Trinajstić information content (AvgIpc) is 2.76. The zero-order valence-electron chi connectivity index (χ0n) is 12.6. The van der Waals surface area contributed by atoms with Crippen LogP contribution in [0, 0.1) is 5.92 Å². The van der Waals surface area contributed by atoms with E-state index in [-0.39, 0.29) is 6.10 Å². The molecule has 0 unspecified atom stereocenters. The van der Waals surface area contributed by atoms with E-state index in [1.54, 1.807) is 0 Å². The Kier molecular flexibility index (Phi) is 4.81. The monoisotopic (exact) mass is 262 g/mol. The van der Waals surface area contributed by atoms with Gasteiger partial charge in [0.25, 0.3) is 0 Å². The molecule has 0 amide bonds. The van der Waals surface area contributed by atoms with Crippen molar-refractivity contribution in [1.29, 1.82) is 0 Å². The summed E-state index contributed by atoms with van der Waals surface area (Å²) in [6.07, 6.45) is 4.48. The van der Waals surface area contributed by atoms with Crippen LogP contribution in [0.1, 0.15) is 52.1 Å². The molecule has 1 aromatic rings. The van der Waals surface area contributed by atoms with Crippen LogP contribution in [0.2, 0.25) is 0 Å².